The van der Waals surface area contributed by atoms with Gasteiger partial charge in [0, 0.05) is 11.2 Å². The highest BCUT2D eigenvalue weighted by molar-refractivity contribution is 8.21. The van der Waals surface area contributed by atoms with E-state index in [2.05, 4.69) is 10.5 Å². The van der Waals surface area contributed by atoms with Crippen molar-refractivity contribution >= 4 is 70.4 Å². The molecule has 0 aliphatic rings. The Kier molecular flexibility index (Phi) is 10.3. The van der Waals surface area contributed by atoms with Crippen LogP contribution in [0, 0.1) is 0 Å². The van der Waals surface area contributed by atoms with E-state index in [1.807, 2.05) is 47.6 Å². The molecule has 0 heterocycles. The van der Waals surface area contributed by atoms with E-state index in [0.29, 0.717) is 22.0 Å². The zero-order valence-corrected chi connectivity index (χ0v) is 20.9. The molecule has 1 atom stereocenters. The fourth-order valence-electron chi connectivity index (χ4n) is 2.11. The van der Waals surface area contributed by atoms with E-state index in [9.17, 15) is 4.79 Å². The Labute approximate surface area is 196 Å². The third-order valence-electron chi connectivity index (χ3n) is 3.67. The average molecular weight is 504 g/mol. The molecule has 0 aliphatic carbocycles. The number of hydrogen-bond donors (Lipinski definition) is 1. The molecule has 1 N–H and O–H groups in total. The number of hydrogen-bond acceptors (Lipinski definition) is 7. The van der Waals surface area contributed by atoms with E-state index in [4.69, 9.17) is 32.8 Å². The van der Waals surface area contributed by atoms with Crippen molar-refractivity contribution in [2.24, 2.45) is 5.16 Å². The molecule has 1 unspecified atom stereocenters. The molecule has 162 valence electrons. The first-order valence-corrected chi connectivity index (χ1v) is 14.3. The maximum absolute atomic E-state index is 11.9. The van der Waals surface area contributed by atoms with Crippen molar-refractivity contribution in [2.45, 2.75) is 13.8 Å². The highest BCUT2D eigenvalue weighted by atomic mass is 35.5. The van der Waals surface area contributed by atoms with Gasteiger partial charge in [0.15, 0.2) is 0 Å². The number of para-hydroxylation sites is 1. The number of benzene rings is 2. The van der Waals surface area contributed by atoms with Gasteiger partial charge in [0.25, 0.3) is 0 Å². The third-order valence-corrected chi connectivity index (χ3v) is 10.3. The number of halogens is 1. The highest BCUT2D eigenvalue weighted by Crippen LogP contribution is 2.56. The molecular weight excluding hydrogens is 481 g/mol. The SMILES string of the molecule is CCP(=S)(Oc1ccc(Cl)cc1)N(SCNC(=O)O/N=C(\C)SC)c1ccccc1. The second kappa shape index (κ2) is 12.5. The first kappa shape index (κ1) is 24.9. The number of oxime groups is 1. The van der Waals surface area contributed by atoms with Crippen LogP contribution in [0.25, 0.3) is 0 Å². The van der Waals surface area contributed by atoms with Crippen molar-refractivity contribution in [3.8, 4) is 5.75 Å². The molecule has 1 amide bonds. The molecule has 0 fully saturated rings. The smallest absolute Gasteiger partial charge is 0.434 e. The Morgan fingerprint density at radius 1 is 1.23 bits per heavy atom. The van der Waals surface area contributed by atoms with Crippen LogP contribution >= 0.6 is 41.7 Å². The molecular formula is C19H23ClN3O3PS3. The van der Waals surface area contributed by atoms with Crippen LogP contribution < -0.4 is 13.9 Å². The van der Waals surface area contributed by atoms with Gasteiger partial charge in [-0.25, -0.2) is 4.79 Å². The highest BCUT2D eigenvalue weighted by Gasteiger charge is 2.28. The molecule has 0 spiro atoms. The maximum Gasteiger partial charge on any atom is 0.434 e. The molecule has 6 nitrogen and oxygen atoms in total. The Hall–Kier alpha value is -1.38. The van der Waals surface area contributed by atoms with Crippen molar-refractivity contribution in [1.29, 1.82) is 0 Å². The number of carbonyl (C=O) groups is 1. The summed E-state index contributed by atoms with van der Waals surface area (Å²) in [5.74, 6) is 0.893. The van der Waals surface area contributed by atoms with Gasteiger partial charge >= 0.3 is 6.09 Å². The molecule has 0 saturated carbocycles. The van der Waals surface area contributed by atoms with Gasteiger partial charge in [-0.2, -0.15) is 0 Å². The molecule has 0 radical (unpaired) electrons. The van der Waals surface area contributed by atoms with Crippen LogP contribution in [-0.2, 0) is 16.6 Å². The lowest BCUT2D eigenvalue weighted by atomic mass is 10.3. The van der Waals surface area contributed by atoms with Gasteiger partial charge in [0.1, 0.15) is 10.8 Å². The fraction of sp³-hybridized carbons (Fsp3) is 0.263. The van der Waals surface area contributed by atoms with Gasteiger partial charge in [-0.3, -0.25) is 8.91 Å². The summed E-state index contributed by atoms with van der Waals surface area (Å²) in [7, 11) is 0. The van der Waals surface area contributed by atoms with E-state index < -0.39 is 12.5 Å². The van der Waals surface area contributed by atoms with Crippen LogP contribution in [0.5, 0.6) is 5.75 Å². The Bertz CT molecular complexity index is 901. The topological polar surface area (TPSA) is 63.2 Å². The average Bonchev–Trinajstić information content (AvgIpc) is 2.77. The van der Waals surface area contributed by atoms with E-state index in [1.54, 1.807) is 31.2 Å². The molecule has 0 aliphatic heterocycles. The van der Waals surface area contributed by atoms with Gasteiger partial charge in [0.05, 0.1) is 11.6 Å². The Morgan fingerprint density at radius 2 is 1.90 bits per heavy atom. The normalized spacial score (nSPS) is 13.3. The van der Waals surface area contributed by atoms with Crippen molar-refractivity contribution < 1.29 is 14.2 Å². The minimum atomic E-state index is -2.50. The lowest BCUT2D eigenvalue weighted by Gasteiger charge is -2.34. The third kappa shape index (κ3) is 7.71. The lowest BCUT2D eigenvalue weighted by molar-refractivity contribution is 0.153. The molecule has 11 heteroatoms. The minimum absolute atomic E-state index is 0.240. The monoisotopic (exact) mass is 503 g/mol. The van der Waals surface area contributed by atoms with E-state index in [0.717, 1.165) is 5.69 Å². The molecule has 0 aromatic heterocycles. The van der Waals surface area contributed by atoms with E-state index >= 15 is 0 Å². The number of anilines is 1. The van der Waals surface area contributed by atoms with Crippen LogP contribution in [0.2, 0.25) is 5.02 Å². The summed E-state index contributed by atoms with van der Waals surface area (Å²) in [5, 5.41) is 7.68. The summed E-state index contributed by atoms with van der Waals surface area (Å²) < 4.78 is 8.24. The summed E-state index contributed by atoms with van der Waals surface area (Å²) in [5.41, 5.74) is 0.896. The minimum Gasteiger partial charge on any atom is -0.448 e. The van der Waals surface area contributed by atoms with Crippen molar-refractivity contribution in [3.05, 3.63) is 59.6 Å². The van der Waals surface area contributed by atoms with E-state index in [-0.39, 0.29) is 5.88 Å². The molecule has 2 aromatic carbocycles. The quantitative estimate of drug-likeness (QED) is 0.0788. The number of carbonyl (C=O) groups excluding carboxylic acids is 1. The van der Waals surface area contributed by atoms with Crippen LogP contribution in [0.1, 0.15) is 13.8 Å². The van der Waals surface area contributed by atoms with Gasteiger partial charge < -0.3 is 9.84 Å². The summed E-state index contributed by atoms with van der Waals surface area (Å²) in [4.78, 5) is 16.7. The number of nitrogens with zero attached hydrogens (tertiary/aromatic N) is 2. The predicted octanol–water partition coefficient (Wildman–Crippen LogP) is 6.58. The first-order chi connectivity index (χ1) is 14.4. The van der Waals surface area contributed by atoms with E-state index in [1.165, 1.54) is 23.7 Å². The van der Waals surface area contributed by atoms with Crippen molar-refractivity contribution in [3.63, 3.8) is 0 Å². The zero-order valence-electron chi connectivity index (χ0n) is 16.8. The standard InChI is InChI=1S/C19H23ClN3O3PS3/c1-4-27(28,26-18-12-10-16(20)11-13-18)23(17-8-6-5-7-9-17)30-14-21-19(24)25-22-15(2)29-3/h5-13H,4,14H2,1-3H3,(H,21,24)/b22-15+. The molecule has 0 bridgehead atoms. The second-order valence-corrected chi connectivity index (χ2v) is 12.6. The van der Waals surface area contributed by atoms with Gasteiger partial charge in [0.2, 0.25) is 6.42 Å². The summed E-state index contributed by atoms with van der Waals surface area (Å²) in [6, 6.07) is 16.8. The van der Waals surface area contributed by atoms with Gasteiger partial charge in [-0.15, -0.1) is 11.8 Å². The van der Waals surface area contributed by atoms with Gasteiger partial charge in [-0.1, -0.05) is 41.9 Å². The summed E-state index contributed by atoms with van der Waals surface area (Å²) in [6.45, 7) is 3.75. The number of nitrogens with one attached hydrogen (secondary N) is 1. The van der Waals surface area contributed by atoms with Crippen LogP contribution in [-0.4, -0.2) is 29.4 Å². The molecule has 30 heavy (non-hydrogen) atoms. The van der Waals surface area contributed by atoms with Crippen LogP contribution in [0.4, 0.5) is 10.5 Å². The number of thioether (sulfide) groups is 1. The fourth-order valence-corrected chi connectivity index (χ4v) is 6.61. The number of rotatable bonds is 9. The summed E-state index contributed by atoms with van der Waals surface area (Å²) >= 11 is 14.7. The largest absolute Gasteiger partial charge is 0.448 e. The number of amides is 1. The lowest BCUT2D eigenvalue weighted by Crippen LogP contribution is -2.26. The van der Waals surface area contributed by atoms with Crippen LogP contribution in [0.3, 0.4) is 0 Å². The summed E-state index contributed by atoms with van der Waals surface area (Å²) in [6.07, 6.45) is -0.661. The van der Waals surface area contributed by atoms with Crippen molar-refractivity contribution in [2.75, 3.05) is 22.4 Å². The molecule has 2 rings (SSSR count). The Morgan fingerprint density at radius 3 is 2.50 bits per heavy atom. The second-order valence-electron chi connectivity index (χ2n) is 5.75. The van der Waals surface area contributed by atoms with Crippen molar-refractivity contribution in [1.82, 2.24) is 5.32 Å². The maximum atomic E-state index is 11.9. The Balaban J connectivity index is 2.14. The molecule has 2 aromatic rings. The van der Waals surface area contributed by atoms with Gasteiger partial charge in [-0.05, 0) is 73.3 Å². The van der Waals surface area contributed by atoms with Crippen LogP contribution in [0.15, 0.2) is 59.8 Å². The first-order valence-electron chi connectivity index (χ1n) is 8.94. The predicted molar refractivity (Wildman–Crippen MR) is 135 cm³/mol. The zero-order chi connectivity index (χ0) is 22.0. The molecule has 0 saturated heterocycles.